The Morgan fingerprint density at radius 3 is 2.77 bits per heavy atom. The lowest BCUT2D eigenvalue weighted by atomic mass is 9.72. The Morgan fingerprint density at radius 1 is 1.17 bits per heavy atom. The summed E-state index contributed by atoms with van der Waals surface area (Å²) < 4.78 is 21.5. The molecule has 2 aromatic rings. The lowest BCUT2D eigenvalue weighted by molar-refractivity contribution is -0.136. The second kappa shape index (κ2) is 7.09. The number of Topliss-reactive ketones (excluding diaryl/α,β-unsaturated/α-hetero) is 1. The van der Waals surface area contributed by atoms with Crippen molar-refractivity contribution >= 4 is 11.8 Å². The zero-order valence-corrected chi connectivity index (χ0v) is 16.7. The van der Waals surface area contributed by atoms with E-state index >= 15 is 0 Å². The number of benzene rings is 1. The molecule has 1 aromatic heterocycles. The standard InChI is InChI=1S/C23H21NO6/c1-12-20(23(26)27-2)21(13-5-6-18-19(10-13)30-11-29-18)22-15(24-12)8-14(9-16(22)25)17-4-3-7-28-17/h3-7,10,14,21,24H,8-9,11H2,1-2H3/t14-,21+/m1/s1. The first-order chi connectivity index (χ1) is 14.6. The van der Waals surface area contributed by atoms with Crippen molar-refractivity contribution in [2.45, 2.75) is 31.6 Å². The van der Waals surface area contributed by atoms with Crippen LogP contribution in [0.2, 0.25) is 0 Å². The number of carbonyl (C=O) groups is 2. The Bertz CT molecular complexity index is 1090. The molecule has 7 heteroatoms. The molecule has 7 nitrogen and oxygen atoms in total. The van der Waals surface area contributed by atoms with Gasteiger partial charge in [0.2, 0.25) is 6.79 Å². The predicted molar refractivity (Wildman–Crippen MR) is 106 cm³/mol. The number of fused-ring (bicyclic) bond motifs is 1. The van der Waals surface area contributed by atoms with Crippen molar-refractivity contribution in [1.29, 1.82) is 0 Å². The zero-order chi connectivity index (χ0) is 20.8. The van der Waals surface area contributed by atoms with Gasteiger partial charge < -0.3 is 23.9 Å². The smallest absolute Gasteiger partial charge is 0.336 e. The highest BCUT2D eigenvalue weighted by Gasteiger charge is 2.42. The molecule has 3 heterocycles. The van der Waals surface area contributed by atoms with Gasteiger partial charge in [-0.15, -0.1) is 0 Å². The molecule has 0 saturated heterocycles. The van der Waals surface area contributed by atoms with Gasteiger partial charge in [-0.05, 0) is 43.2 Å². The van der Waals surface area contributed by atoms with Crippen molar-refractivity contribution in [3.8, 4) is 11.5 Å². The van der Waals surface area contributed by atoms with Crippen LogP contribution in [0.4, 0.5) is 0 Å². The Kier molecular flexibility index (Phi) is 4.38. The van der Waals surface area contributed by atoms with E-state index in [1.165, 1.54) is 7.11 Å². The molecule has 30 heavy (non-hydrogen) atoms. The van der Waals surface area contributed by atoms with Crippen molar-refractivity contribution < 1.29 is 28.2 Å². The third-order valence-electron chi connectivity index (χ3n) is 5.91. The van der Waals surface area contributed by atoms with Crippen LogP contribution in [-0.4, -0.2) is 25.7 Å². The highest BCUT2D eigenvalue weighted by Crippen LogP contribution is 2.47. The fourth-order valence-corrected chi connectivity index (χ4v) is 4.57. The fourth-order valence-electron chi connectivity index (χ4n) is 4.57. The maximum Gasteiger partial charge on any atom is 0.336 e. The lowest BCUT2D eigenvalue weighted by Gasteiger charge is -2.36. The number of hydrogen-bond acceptors (Lipinski definition) is 7. The molecular weight excluding hydrogens is 386 g/mol. The lowest BCUT2D eigenvalue weighted by Crippen LogP contribution is -2.35. The summed E-state index contributed by atoms with van der Waals surface area (Å²) in [6.45, 7) is 1.98. The van der Waals surface area contributed by atoms with Crippen molar-refractivity contribution in [2.24, 2.45) is 0 Å². The molecule has 1 aromatic carbocycles. The molecule has 0 spiro atoms. The summed E-state index contributed by atoms with van der Waals surface area (Å²) in [5, 5.41) is 3.30. The molecule has 1 aliphatic carbocycles. The average molecular weight is 407 g/mol. The van der Waals surface area contributed by atoms with Gasteiger partial charge in [0.05, 0.1) is 18.9 Å². The average Bonchev–Trinajstić information content (AvgIpc) is 3.43. The molecule has 0 radical (unpaired) electrons. The molecule has 154 valence electrons. The first-order valence-electron chi connectivity index (χ1n) is 9.82. The van der Waals surface area contributed by atoms with E-state index in [0.717, 1.165) is 17.0 Å². The Labute approximate surface area is 173 Å². The highest BCUT2D eigenvalue weighted by atomic mass is 16.7. The largest absolute Gasteiger partial charge is 0.469 e. The minimum atomic E-state index is -0.534. The molecule has 0 fully saturated rings. The third kappa shape index (κ3) is 2.89. The molecule has 0 saturated carbocycles. The van der Waals surface area contributed by atoms with Crippen LogP contribution in [0.15, 0.2) is 63.6 Å². The van der Waals surface area contributed by atoms with E-state index in [0.29, 0.717) is 41.2 Å². The summed E-state index contributed by atoms with van der Waals surface area (Å²) in [6.07, 6.45) is 2.57. The topological polar surface area (TPSA) is 87.0 Å². The number of dihydropyridines is 1. The van der Waals surface area contributed by atoms with Gasteiger partial charge in [0.15, 0.2) is 17.3 Å². The first-order valence-corrected chi connectivity index (χ1v) is 9.82. The number of rotatable bonds is 3. The molecule has 0 amide bonds. The maximum atomic E-state index is 13.3. The van der Waals surface area contributed by atoms with Gasteiger partial charge in [0.1, 0.15) is 5.76 Å². The highest BCUT2D eigenvalue weighted by molar-refractivity contribution is 6.04. The molecule has 0 unspecified atom stereocenters. The second-order valence-electron chi connectivity index (χ2n) is 7.64. The van der Waals surface area contributed by atoms with Gasteiger partial charge in [-0.2, -0.15) is 0 Å². The third-order valence-corrected chi connectivity index (χ3v) is 5.91. The van der Waals surface area contributed by atoms with Crippen LogP contribution in [0.3, 0.4) is 0 Å². The number of furan rings is 1. The minimum absolute atomic E-state index is 0.0123. The number of methoxy groups -OCH3 is 1. The van der Waals surface area contributed by atoms with E-state index in [-0.39, 0.29) is 18.5 Å². The number of carbonyl (C=O) groups excluding carboxylic acids is 2. The van der Waals surface area contributed by atoms with Gasteiger partial charge in [-0.1, -0.05) is 6.07 Å². The summed E-state index contributed by atoms with van der Waals surface area (Å²) in [6, 6.07) is 9.24. The zero-order valence-electron chi connectivity index (χ0n) is 16.7. The van der Waals surface area contributed by atoms with E-state index in [2.05, 4.69) is 5.32 Å². The van der Waals surface area contributed by atoms with Crippen molar-refractivity contribution in [3.63, 3.8) is 0 Å². The van der Waals surface area contributed by atoms with Crippen LogP contribution >= 0.6 is 0 Å². The quantitative estimate of drug-likeness (QED) is 0.779. The van der Waals surface area contributed by atoms with Crippen LogP contribution < -0.4 is 14.8 Å². The monoisotopic (exact) mass is 407 g/mol. The summed E-state index contributed by atoms with van der Waals surface area (Å²) in [4.78, 5) is 26.0. The molecule has 1 N–H and O–H groups in total. The van der Waals surface area contributed by atoms with Crippen LogP contribution in [0.25, 0.3) is 0 Å². The van der Waals surface area contributed by atoms with E-state index in [9.17, 15) is 9.59 Å². The van der Waals surface area contributed by atoms with Crippen LogP contribution in [0.5, 0.6) is 11.5 Å². The molecule has 2 aliphatic heterocycles. The number of ether oxygens (including phenoxy) is 3. The van der Waals surface area contributed by atoms with E-state index in [4.69, 9.17) is 18.6 Å². The number of allylic oxidation sites excluding steroid dienone is 3. The van der Waals surface area contributed by atoms with Crippen LogP contribution in [0.1, 0.15) is 42.9 Å². The SMILES string of the molecule is COC(=O)C1=C(C)NC2=C(C(=O)C[C@H](c3ccco3)C2)[C@H]1c1ccc2c(c1)OCO2. The second-order valence-corrected chi connectivity index (χ2v) is 7.64. The Morgan fingerprint density at radius 2 is 2.00 bits per heavy atom. The van der Waals surface area contributed by atoms with Crippen LogP contribution in [-0.2, 0) is 14.3 Å². The van der Waals surface area contributed by atoms with Gasteiger partial charge in [-0.3, -0.25) is 4.79 Å². The molecule has 5 rings (SSSR count). The van der Waals surface area contributed by atoms with Crippen molar-refractivity contribution in [3.05, 3.63) is 70.5 Å². The van der Waals surface area contributed by atoms with E-state index < -0.39 is 11.9 Å². The Hall–Kier alpha value is -3.48. The summed E-state index contributed by atoms with van der Waals surface area (Å²) in [7, 11) is 1.35. The predicted octanol–water partition coefficient (Wildman–Crippen LogP) is 3.54. The maximum absolute atomic E-state index is 13.3. The summed E-state index contributed by atoms with van der Waals surface area (Å²) >= 11 is 0. The van der Waals surface area contributed by atoms with Crippen molar-refractivity contribution in [2.75, 3.05) is 13.9 Å². The molecule has 3 aliphatic rings. The molecule has 0 bridgehead atoms. The number of nitrogens with one attached hydrogen (secondary N) is 1. The van der Waals surface area contributed by atoms with Gasteiger partial charge in [0, 0.05) is 35.2 Å². The van der Waals surface area contributed by atoms with E-state index in [1.807, 2.05) is 37.3 Å². The minimum Gasteiger partial charge on any atom is -0.469 e. The fraction of sp³-hybridized carbons (Fsp3) is 0.304. The number of ketones is 1. The van der Waals surface area contributed by atoms with Gasteiger partial charge in [0.25, 0.3) is 0 Å². The van der Waals surface area contributed by atoms with Crippen molar-refractivity contribution in [1.82, 2.24) is 5.32 Å². The number of hydrogen-bond donors (Lipinski definition) is 1. The molecular formula is C23H21NO6. The van der Waals surface area contributed by atoms with Gasteiger partial charge in [-0.25, -0.2) is 4.79 Å². The van der Waals surface area contributed by atoms with Crippen LogP contribution in [0, 0.1) is 0 Å². The summed E-state index contributed by atoms with van der Waals surface area (Å²) in [5.41, 5.74) is 3.32. The summed E-state index contributed by atoms with van der Waals surface area (Å²) in [5.74, 6) is 0.993. The number of esters is 1. The van der Waals surface area contributed by atoms with E-state index in [1.54, 1.807) is 6.26 Å². The normalized spacial score (nSPS) is 22.7. The molecule has 2 atom stereocenters. The first kappa shape index (κ1) is 18.5. The Balaban J connectivity index is 1.62. The van der Waals surface area contributed by atoms with Gasteiger partial charge >= 0.3 is 5.97 Å².